The van der Waals surface area contributed by atoms with Gasteiger partial charge in [-0.2, -0.15) is 0 Å². The van der Waals surface area contributed by atoms with Gasteiger partial charge < -0.3 is 0 Å². The van der Waals surface area contributed by atoms with E-state index >= 15 is 0 Å². The third-order valence-corrected chi connectivity index (χ3v) is 2.35. The minimum atomic E-state index is -0.120. The van der Waals surface area contributed by atoms with Gasteiger partial charge in [0.15, 0.2) is 0 Å². The van der Waals surface area contributed by atoms with Crippen molar-refractivity contribution < 1.29 is 4.79 Å². The highest BCUT2D eigenvalue weighted by Crippen LogP contribution is 2.10. The van der Waals surface area contributed by atoms with Crippen LogP contribution in [-0.4, -0.2) is 18.3 Å². The van der Waals surface area contributed by atoms with Gasteiger partial charge in [0.2, 0.25) is 0 Å². The summed E-state index contributed by atoms with van der Waals surface area (Å²) in [5.41, 5.74) is 6.21. The van der Waals surface area contributed by atoms with Crippen molar-refractivity contribution in [3.05, 3.63) is 34.3 Å². The molecule has 0 bridgehead atoms. The number of carbonyl (C=O) groups excluding carboxylic acids is 1. The normalized spacial score (nSPS) is 15.5. The summed E-state index contributed by atoms with van der Waals surface area (Å²) in [6, 6.07) is 7.70. The van der Waals surface area contributed by atoms with Gasteiger partial charge in [-0.15, -0.1) is 0 Å². The summed E-state index contributed by atoms with van der Waals surface area (Å²) < 4.78 is 1.02. The zero-order valence-corrected chi connectivity index (χ0v) is 8.84. The Hall–Kier alpha value is -1.36. The molecule has 4 nitrogen and oxygen atoms in total. The van der Waals surface area contributed by atoms with Crippen LogP contribution >= 0.6 is 15.9 Å². The standard InChI is InChI=1S/C9H8BrN3O/c10-7-3-1-6(2-4-7)9-11-5-8(14)12-13-9/h1-4H,5H2,(H,11,13)(H,12,14). The largest absolute Gasteiger partial charge is 0.282 e. The van der Waals surface area contributed by atoms with Gasteiger partial charge in [0.05, 0.1) is 0 Å². The van der Waals surface area contributed by atoms with E-state index in [-0.39, 0.29) is 12.5 Å². The van der Waals surface area contributed by atoms with E-state index in [9.17, 15) is 4.79 Å². The number of amides is 1. The second-order valence-electron chi connectivity index (χ2n) is 2.84. The summed E-state index contributed by atoms with van der Waals surface area (Å²) in [7, 11) is 0. The third kappa shape index (κ3) is 1.93. The van der Waals surface area contributed by atoms with Crippen molar-refractivity contribution in [2.45, 2.75) is 0 Å². The summed E-state index contributed by atoms with van der Waals surface area (Å²) in [6.45, 7) is 0.179. The number of hydrazine groups is 1. The Labute approximate surface area is 89.5 Å². The van der Waals surface area contributed by atoms with Crippen molar-refractivity contribution in [1.82, 2.24) is 10.9 Å². The van der Waals surface area contributed by atoms with Crippen LogP contribution in [0.1, 0.15) is 5.56 Å². The van der Waals surface area contributed by atoms with Crippen LogP contribution < -0.4 is 10.9 Å². The molecule has 2 rings (SSSR count). The summed E-state index contributed by atoms with van der Waals surface area (Å²) in [6.07, 6.45) is 0. The monoisotopic (exact) mass is 253 g/mol. The molecular formula is C9H8BrN3O. The van der Waals surface area contributed by atoms with Crippen LogP contribution in [0.4, 0.5) is 0 Å². The highest BCUT2D eigenvalue weighted by molar-refractivity contribution is 9.10. The number of nitrogens with zero attached hydrogens (tertiary/aromatic N) is 1. The summed E-state index contributed by atoms with van der Waals surface area (Å²) >= 11 is 3.35. The van der Waals surface area contributed by atoms with Crippen LogP contribution in [0, 0.1) is 0 Å². The fraction of sp³-hybridized carbons (Fsp3) is 0.111. The number of halogens is 1. The van der Waals surface area contributed by atoms with E-state index < -0.39 is 0 Å². The van der Waals surface area contributed by atoms with Gasteiger partial charge in [-0.3, -0.25) is 20.6 Å². The maximum Gasteiger partial charge on any atom is 0.260 e. The second-order valence-corrected chi connectivity index (χ2v) is 3.76. The molecule has 1 heterocycles. The predicted molar refractivity (Wildman–Crippen MR) is 56.8 cm³/mol. The smallest absolute Gasteiger partial charge is 0.260 e. The van der Waals surface area contributed by atoms with E-state index in [1.807, 2.05) is 24.3 Å². The molecule has 1 aromatic carbocycles. The van der Waals surface area contributed by atoms with Gasteiger partial charge in [-0.05, 0) is 12.1 Å². The number of nitrogens with one attached hydrogen (secondary N) is 2. The quantitative estimate of drug-likeness (QED) is 0.779. The lowest BCUT2D eigenvalue weighted by Gasteiger charge is -2.15. The van der Waals surface area contributed by atoms with Gasteiger partial charge in [0.1, 0.15) is 12.4 Å². The molecule has 1 amide bonds. The number of hydrogen-bond acceptors (Lipinski definition) is 3. The first-order valence-corrected chi connectivity index (χ1v) is 4.90. The topological polar surface area (TPSA) is 53.5 Å². The van der Waals surface area contributed by atoms with Crippen LogP contribution in [0.2, 0.25) is 0 Å². The number of amidine groups is 1. The van der Waals surface area contributed by atoms with E-state index in [1.165, 1.54) is 0 Å². The molecule has 1 aliphatic heterocycles. The van der Waals surface area contributed by atoms with E-state index in [4.69, 9.17) is 0 Å². The maximum atomic E-state index is 10.8. The van der Waals surface area contributed by atoms with Crippen molar-refractivity contribution in [1.29, 1.82) is 0 Å². The van der Waals surface area contributed by atoms with Crippen LogP contribution in [-0.2, 0) is 4.79 Å². The van der Waals surface area contributed by atoms with Gasteiger partial charge in [-0.1, -0.05) is 28.1 Å². The van der Waals surface area contributed by atoms with E-state index in [2.05, 4.69) is 31.8 Å². The van der Waals surface area contributed by atoms with Crippen molar-refractivity contribution in [3.63, 3.8) is 0 Å². The third-order valence-electron chi connectivity index (χ3n) is 1.82. The van der Waals surface area contributed by atoms with Crippen LogP contribution in [0.5, 0.6) is 0 Å². The number of hydrogen-bond donors (Lipinski definition) is 2. The molecule has 14 heavy (non-hydrogen) atoms. The molecule has 0 fully saturated rings. The number of carbonyl (C=O) groups is 1. The Morgan fingerprint density at radius 1 is 1.21 bits per heavy atom. The minimum Gasteiger partial charge on any atom is -0.282 e. The fourth-order valence-electron chi connectivity index (χ4n) is 1.13. The lowest BCUT2D eigenvalue weighted by molar-refractivity contribution is -0.120. The zero-order chi connectivity index (χ0) is 9.97. The summed E-state index contributed by atoms with van der Waals surface area (Å²) in [5, 5.41) is 0. The molecular weight excluding hydrogens is 246 g/mol. The minimum absolute atomic E-state index is 0.120. The maximum absolute atomic E-state index is 10.8. The molecule has 0 aliphatic carbocycles. The molecule has 1 aliphatic rings. The van der Waals surface area contributed by atoms with Gasteiger partial charge in [-0.25, -0.2) is 0 Å². The first-order chi connectivity index (χ1) is 6.75. The molecule has 0 atom stereocenters. The van der Waals surface area contributed by atoms with Crippen molar-refractivity contribution >= 4 is 27.7 Å². The molecule has 0 unspecified atom stereocenters. The van der Waals surface area contributed by atoms with Crippen LogP contribution in [0.3, 0.4) is 0 Å². The molecule has 0 aromatic heterocycles. The van der Waals surface area contributed by atoms with Gasteiger partial charge in [0, 0.05) is 10.0 Å². The molecule has 72 valence electrons. The molecule has 0 spiro atoms. The highest BCUT2D eigenvalue weighted by atomic mass is 79.9. The SMILES string of the molecule is O=C1CN=C(c2ccc(Br)cc2)NN1. The lowest BCUT2D eigenvalue weighted by atomic mass is 10.2. The number of rotatable bonds is 1. The highest BCUT2D eigenvalue weighted by Gasteiger charge is 2.10. The number of aliphatic imine (C=N–C) groups is 1. The first kappa shape index (κ1) is 9.21. The number of benzene rings is 1. The fourth-order valence-corrected chi connectivity index (χ4v) is 1.39. The molecule has 0 saturated heterocycles. The van der Waals surface area contributed by atoms with Crippen molar-refractivity contribution in [2.24, 2.45) is 4.99 Å². The Bertz CT molecular complexity index is 386. The summed E-state index contributed by atoms with van der Waals surface area (Å²) in [4.78, 5) is 14.9. The average molecular weight is 254 g/mol. The van der Waals surface area contributed by atoms with E-state index in [1.54, 1.807) is 0 Å². The Kier molecular flexibility index (Phi) is 2.49. The van der Waals surface area contributed by atoms with Crippen LogP contribution in [0.15, 0.2) is 33.7 Å². The van der Waals surface area contributed by atoms with Crippen molar-refractivity contribution in [2.75, 3.05) is 6.54 Å². The van der Waals surface area contributed by atoms with E-state index in [0.717, 1.165) is 10.0 Å². The van der Waals surface area contributed by atoms with E-state index in [0.29, 0.717) is 5.84 Å². The average Bonchev–Trinajstić information content (AvgIpc) is 2.21. The predicted octanol–water partition coefficient (Wildman–Crippen LogP) is 0.830. The Morgan fingerprint density at radius 2 is 1.93 bits per heavy atom. The Balaban J connectivity index is 2.23. The second kappa shape index (κ2) is 3.79. The Morgan fingerprint density at radius 3 is 2.50 bits per heavy atom. The molecule has 5 heteroatoms. The molecule has 1 aromatic rings. The zero-order valence-electron chi connectivity index (χ0n) is 7.25. The van der Waals surface area contributed by atoms with Crippen LogP contribution in [0.25, 0.3) is 0 Å². The van der Waals surface area contributed by atoms with Crippen molar-refractivity contribution in [3.8, 4) is 0 Å². The first-order valence-electron chi connectivity index (χ1n) is 4.11. The lowest BCUT2D eigenvalue weighted by Crippen LogP contribution is -2.47. The van der Waals surface area contributed by atoms with Gasteiger partial charge >= 0.3 is 0 Å². The molecule has 0 saturated carbocycles. The molecule has 2 N–H and O–H groups in total. The van der Waals surface area contributed by atoms with Gasteiger partial charge in [0.25, 0.3) is 5.91 Å². The molecule has 0 radical (unpaired) electrons. The summed E-state index contributed by atoms with van der Waals surface area (Å²) in [5.74, 6) is 0.572.